The van der Waals surface area contributed by atoms with E-state index in [4.69, 9.17) is 4.74 Å². The van der Waals surface area contributed by atoms with Crippen molar-refractivity contribution in [2.24, 2.45) is 5.92 Å². The minimum absolute atomic E-state index is 0.156. The normalized spacial score (nSPS) is 10.7. The SMILES string of the molecule is CC(C)COc1cccc(C(=O)Nc2ccc(-c3nccs3)cc2)c1. The van der Waals surface area contributed by atoms with Crippen molar-refractivity contribution in [2.45, 2.75) is 13.8 Å². The molecule has 4 nitrogen and oxygen atoms in total. The average Bonchev–Trinajstić information content (AvgIpc) is 3.15. The van der Waals surface area contributed by atoms with Gasteiger partial charge in [-0.15, -0.1) is 11.3 Å². The number of amides is 1. The van der Waals surface area contributed by atoms with E-state index in [0.717, 1.165) is 16.3 Å². The number of aromatic nitrogens is 1. The molecular formula is C20H20N2O2S. The van der Waals surface area contributed by atoms with E-state index >= 15 is 0 Å². The third-order valence-electron chi connectivity index (χ3n) is 3.50. The van der Waals surface area contributed by atoms with Gasteiger partial charge in [0, 0.05) is 28.4 Å². The Bertz CT molecular complexity index is 827. The molecule has 1 amide bonds. The summed E-state index contributed by atoms with van der Waals surface area (Å²) in [4.78, 5) is 16.7. The molecule has 128 valence electrons. The lowest BCUT2D eigenvalue weighted by molar-refractivity contribution is 0.102. The van der Waals surface area contributed by atoms with Crippen LogP contribution in [0.4, 0.5) is 5.69 Å². The van der Waals surface area contributed by atoms with Crippen LogP contribution in [0.15, 0.2) is 60.1 Å². The van der Waals surface area contributed by atoms with Crippen molar-refractivity contribution in [1.82, 2.24) is 4.98 Å². The summed E-state index contributed by atoms with van der Waals surface area (Å²) < 4.78 is 5.68. The molecule has 2 aromatic carbocycles. The molecule has 0 bridgehead atoms. The van der Waals surface area contributed by atoms with Gasteiger partial charge in [-0.3, -0.25) is 4.79 Å². The minimum Gasteiger partial charge on any atom is -0.493 e. The van der Waals surface area contributed by atoms with Gasteiger partial charge >= 0.3 is 0 Å². The quantitative estimate of drug-likeness (QED) is 0.672. The fourth-order valence-electron chi connectivity index (χ4n) is 2.26. The Kier molecular flexibility index (Phi) is 5.46. The lowest BCUT2D eigenvalue weighted by Crippen LogP contribution is -2.12. The number of ether oxygens (including phenoxy) is 1. The Morgan fingerprint density at radius 2 is 2.00 bits per heavy atom. The largest absolute Gasteiger partial charge is 0.493 e. The monoisotopic (exact) mass is 352 g/mol. The van der Waals surface area contributed by atoms with E-state index in [1.807, 2.05) is 41.8 Å². The summed E-state index contributed by atoms with van der Waals surface area (Å²) in [6.07, 6.45) is 1.78. The second kappa shape index (κ2) is 7.94. The van der Waals surface area contributed by atoms with Gasteiger partial charge in [-0.25, -0.2) is 4.98 Å². The Morgan fingerprint density at radius 3 is 2.68 bits per heavy atom. The molecule has 5 heteroatoms. The highest BCUT2D eigenvalue weighted by molar-refractivity contribution is 7.13. The molecule has 0 aliphatic heterocycles. The molecule has 0 atom stereocenters. The number of hydrogen-bond donors (Lipinski definition) is 1. The van der Waals surface area contributed by atoms with Crippen LogP contribution in [0.2, 0.25) is 0 Å². The molecule has 0 saturated heterocycles. The molecule has 3 aromatic rings. The van der Waals surface area contributed by atoms with E-state index in [1.54, 1.807) is 29.7 Å². The molecule has 25 heavy (non-hydrogen) atoms. The fourth-order valence-corrected chi connectivity index (χ4v) is 2.90. The van der Waals surface area contributed by atoms with E-state index < -0.39 is 0 Å². The van der Waals surface area contributed by atoms with E-state index in [2.05, 4.69) is 24.1 Å². The maximum Gasteiger partial charge on any atom is 0.255 e. The van der Waals surface area contributed by atoms with Gasteiger partial charge in [-0.2, -0.15) is 0 Å². The predicted octanol–water partition coefficient (Wildman–Crippen LogP) is 5.10. The van der Waals surface area contributed by atoms with Crippen LogP contribution in [0, 0.1) is 5.92 Å². The number of nitrogens with one attached hydrogen (secondary N) is 1. The van der Waals surface area contributed by atoms with Crippen LogP contribution in [-0.2, 0) is 0 Å². The maximum absolute atomic E-state index is 12.4. The summed E-state index contributed by atoms with van der Waals surface area (Å²) >= 11 is 1.59. The van der Waals surface area contributed by atoms with Crippen molar-refractivity contribution in [1.29, 1.82) is 0 Å². The number of benzene rings is 2. The van der Waals surface area contributed by atoms with Crippen LogP contribution in [0.25, 0.3) is 10.6 Å². The van der Waals surface area contributed by atoms with Crippen molar-refractivity contribution in [3.8, 4) is 16.3 Å². The Balaban J connectivity index is 1.66. The van der Waals surface area contributed by atoms with E-state index in [0.29, 0.717) is 23.8 Å². The molecule has 0 unspecified atom stereocenters. The molecule has 1 heterocycles. The lowest BCUT2D eigenvalue weighted by atomic mass is 10.1. The van der Waals surface area contributed by atoms with Crippen LogP contribution in [0.1, 0.15) is 24.2 Å². The standard InChI is InChI=1S/C20H20N2O2S/c1-14(2)13-24-18-5-3-4-16(12-18)19(23)22-17-8-6-15(7-9-17)20-21-10-11-25-20/h3-12,14H,13H2,1-2H3,(H,22,23). The smallest absolute Gasteiger partial charge is 0.255 e. The Hall–Kier alpha value is -2.66. The first-order valence-corrected chi connectivity index (χ1v) is 9.04. The number of nitrogens with zero attached hydrogens (tertiary/aromatic N) is 1. The molecule has 0 spiro atoms. The van der Waals surface area contributed by atoms with Crippen molar-refractivity contribution >= 4 is 22.9 Å². The van der Waals surface area contributed by atoms with Gasteiger partial charge in [0.1, 0.15) is 10.8 Å². The average molecular weight is 352 g/mol. The molecule has 3 rings (SSSR count). The summed E-state index contributed by atoms with van der Waals surface area (Å²) in [5.74, 6) is 0.992. The molecule has 0 radical (unpaired) electrons. The van der Waals surface area contributed by atoms with Crippen molar-refractivity contribution < 1.29 is 9.53 Å². The van der Waals surface area contributed by atoms with Gasteiger partial charge in [-0.05, 0) is 48.4 Å². The first-order valence-electron chi connectivity index (χ1n) is 8.16. The van der Waals surface area contributed by atoms with Crippen molar-refractivity contribution in [3.05, 3.63) is 65.7 Å². The lowest BCUT2D eigenvalue weighted by Gasteiger charge is -2.10. The second-order valence-electron chi connectivity index (χ2n) is 6.10. The van der Waals surface area contributed by atoms with Crippen molar-refractivity contribution in [2.75, 3.05) is 11.9 Å². The molecular weight excluding hydrogens is 332 g/mol. The zero-order valence-corrected chi connectivity index (χ0v) is 15.0. The Morgan fingerprint density at radius 1 is 1.20 bits per heavy atom. The van der Waals surface area contributed by atoms with Crippen LogP contribution in [0.3, 0.4) is 0 Å². The summed E-state index contributed by atoms with van der Waals surface area (Å²) in [5, 5.41) is 5.82. The third kappa shape index (κ3) is 4.67. The summed E-state index contributed by atoms with van der Waals surface area (Å²) in [5.41, 5.74) is 2.36. The third-order valence-corrected chi connectivity index (χ3v) is 4.32. The topological polar surface area (TPSA) is 51.2 Å². The highest BCUT2D eigenvalue weighted by atomic mass is 32.1. The zero-order chi connectivity index (χ0) is 17.6. The predicted molar refractivity (Wildman–Crippen MR) is 102 cm³/mol. The molecule has 0 saturated carbocycles. The van der Waals surface area contributed by atoms with Gasteiger partial charge < -0.3 is 10.1 Å². The second-order valence-corrected chi connectivity index (χ2v) is 7.00. The van der Waals surface area contributed by atoms with Crippen LogP contribution >= 0.6 is 11.3 Å². The number of anilines is 1. The molecule has 0 aliphatic carbocycles. The van der Waals surface area contributed by atoms with Crippen LogP contribution in [-0.4, -0.2) is 17.5 Å². The molecule has 1 N–H and O–H groups in total. The van der Waals surface area contributed by atoms with E-state index in [1.165, 1.54) is 0 Å². The van der Waals surface area contributed by atoms with Crippen molar-refractivity contribution in [3.63, 3.8) is 0 Å². The van der Waals surface area contributed by atoms with Gasteiger partial charge in [0.05, 0.1) is 6.61 Å². The van der Waals surface area contributed by atoms with Crippen LogP contribution in [0.5, 0.6) is 5.75 Å². The summed E-state index contributed by atoms with van der Waals surface area (Å²) in [6.45, 7) is 4.81. The number of carbonyl (C=O) groups excluding carboxylic acids is 1. The molecule has 0 aliphatic rings. The summed E-state index contributed by atoms with van der Waals surface area (Å²) in [6, 6.07) is 14.9. The number of hydrogen-bond acceptors (Lipinski definition) is 4. The Labute approximate surface area is 151 Å². The van der Waals surface area contributed by atoms with Gasteiger partial charge in [0.2, 0.25) is 0 Å². The number of thiazole rings is 1. The van der Waals surface area contributed by atoms with E-state index in [-0.39, 0.29) is 5.91 Å². The first-order chi connectivity index (χ1) is 12.1. The highest BCUT2D eigenvalue weighted by Gasteiger charge is 2.08. The first kappa shape index (κ1) is 17.2. The summed E-state index contributed by atoms with van der Waals surface area (Å²) in [7, 11) is 0. The zero-order valence-electron chi connectivity index (χ0n) is 14.2. The fraction of sp³-hybridized carbons (Fsp3) is 0.200. The molecule has 0 fully saturated rings. The van der Waals surface area contributed by atoms with Gasteiger partial charge in [0.15, 0.2) is 0 Å². The maximum atomic E-state index is 12.4. The molecule has 1 aromatic heterocycles. The number of rotatable bonds is 6. The van der Waals surface area contributed by atoms with Gasteiger partial charge in [0.25, 0.3) is 5.91 Å². The highest BCUT2D eigenvalue weighted by Crippen LogP contribution is 2.23. The van der Waals surface area contributed by atoms with E-state index in [9.17, 15) is 4.79 Å². The van der Waals surface area contributed by atoms with Crippen LogP contribution < -0.4 is 10.1 Å². The van der Waals surface area contributed by atoms with Gasteiger partial charge in [-0.1, -0.05) is 19.9 Å². The minimum atomic E-state index is -0.156. The number of carbonyl (C=O) groups is 1.